The topological polar surface area (TPSA) is 104 Å². The van der Waals surface area contributed by atoms with Crippen LogP contribution in [0.3, 0.4) is 0 Å². The number of amides is 1. The number of thiophene rings is 1. The molecule has 2 aromatic heterocycles. The zero-order valence-corrected chi connectivity index (χ0v) is 14.5. The smallest absolute Gasteiger partial charge is 0.341 e. The summed E-state index contributed by atoms with van der Waals surface area (Å²) in [4.78, 5) is 35.4. The Labute approximate surface area is 147 Å². The second-order valence-corrected chi connectivity index (χ2v) is 5.57. The summed E-state index contributed by atoms with van der Waals surface area (Å²) in [5.41, 5.74) is 0.707. The van der Waals surface area contributed by atoms with E-state index in [-0.39, 0.29) is 23.8 Å². The fraction of sp³-hybridized carbons (Fsp3) is 0.312. The molecule has 25 heavy (non-hydrogen) atoms. The second-order valence-electron chi connectivity index (χ2n) is 4.69. The first-order valence-corrected chi connectivity index (χ1v) is 8.21. The Bertz CT molecular complexity index is 736. The molecule has 0 aromatic carbocycles. The van der Waals surface area contributed by atoms with E-state index < -0.39 is 24.5 Å². The van der Waals surface area contributed by atoms with Gasteiger partial charge < -0.3 is 23.9 Å². The SMILES string of the molecule is CCOC(=O)c1c(-c2ccco2)csc1NC(=O)COC(=O)COC. The molecule has 2 heterocycles. The van der Waals surface area contributed by atoms with Crippen LogP contribution in [0.15, 0.2) is 28.2 Å². The molecule has 0 atom stereocenters. The molecule has 2 rings (SSSR count). The molecular weight excluding hydrogens is 350 g/mol. The van der Waals surface area contributed by atoms with E-state index in [0.29, 0.717) is 11.3 Å². The second kappa shape index (κ2) is 9.00. The molecule has 0 bridgehead atoms. The highest BCUT2D eigenvalue weighted by Crippen LogP contribution is 2.36. The van der Waals surface area contributed by atoms with Gasteiger partial charge in [0.05, 0.1) is 12.9 Å². The van der Waals surface area contributed by atoms with Crippen LogP contribution in [0, 0.1) is 0 Å². The highest BCUT2D eigenvalue weighted by Gasteiger charge is 2.24. The molecule has 0 fully saturated rings. The van der Waals surface area contributed by atoms with Crippen LogP contribution in [0.2, 0.25) is 0 Å². The maximum Gasteiger partial charge on any atom is 0.341 e. The van der Waals surface area contributed by atoms with Gasteiger partial charge in [0.1, 0.15) is 22.9 Å². The number of rotatable bonds is 8. The molecule has 0 unspecified atom stereocenters. The molecule has 0 saturated heterocycles. The fourth-order valence-electron chi connectivity index (χ4n) is 1.94. The van der Waals surface area contributed by atoms with Crippen molar-refractivity contribution in [1.29, 1.82) is 0 Å². The van der Waals surface area contributed by atoms with Crippen LogP contribution in [0.1, 0.15) is 17.3 Å². The monoisotopic (exact) mass is 367 g/mol. The van der Waals surface area contributed by atoms with Crippen LogP contribution >= 0.6 is 11.3 Å². The van der Waals surface area contributed by atoms with Gasteiger partial charge in [-0.25, -0.2) is 9.59 Å². The van der Waals surface area contributed by atoms with Crippen molar-refractivity contribution in [2.75, 3.05) is 32.2 Å². The van der Waals surface area contributed by atoms with Crippen LogP contribution in [0.4, 0.5) is 5.00 Å². The number of nitrogens with one attached hydrogen (secondary N) is 1. The Morgan fingerprint density at radius 2 is 2.04 bits per heavy atom. The van der Waals surface area contributed by atoms with Gasteiger partial charge in [-0.15, -0.1) is 11.3 Å². The molecule has 1 N–H and O–H groups in total. The van der Waals surface area contributed by atoms with E-state index >= 15 is 0 Å². The zero-order valence-electron chi connectivity index (χ0n) is 13.7. The van der Waals surface area contributed by atoms with Gasteiger partial charge in [0.15, 0.2) is 6.61 Å². The Morgan fingerprint density at radius 3 is 2.68 bits per heavy atom. The Hall–Kier alpha value is -2.65. The van der Waals surface area contributed by atoms with Crippen LogP contribution in [0.5, 0.6) is 0 Å². The lowest BCUT2D eigenvalue weighted by molar-refractivity contribution is -0.150. The molecule has 9 heteroatoms. The van der Waals surface area contributed by atoms with Gasteiger partial charge in [-0.1, -0.05) is 0 Å². The number of hydrogen-bond acceptors (Lipinski definition) is 8. The molecule has 0 radical (unpaired) electrons. The minimum Gasteiger partial charge on any atom is -0.464 e. The van der Waals surface area contributed by atoms with Crippen molar-refractivity contribution in [3.05, 3.63) is 29.3 Å². The summed E-state index contributed by atoms with van der Waals surface area (Å²) in [6.45, 7) is 1.14. The normalized spacial score (nSPS) is 10.3. The molecule has 134 valence electrons. The maximum atomic E-state index is 12.3. The Balaban J connectivity index is 2.16. The van der Waals surface area contributed by atoms with Crippen molar-refractivity contribution in [1.82, 2.24) is 0 Å². The van der Waals surface area contributed by atoms with Crippen molar-refractivity contribution in [3.63, 3.8) is 0 Å². The maximum absolute atomic E-state index is 12.3. The molecule has 0 aliphatic carbocycles. The van der Waals surface area contributed by atoms with E-state index in [1.54, 1.807) is 24.4 Å². The first-order valence-electron chi connectivity index (χ1n) is 7.33. The Kier molecular flexibility index (Phi) is 6.72. The molecule has 0 aliphatic heterocycles. The minimum atomic E-state index is -0.661. The van der Waals surface area contributed by atoms with Gasteiger partial charge in [-0.05, 0) is 19.1 Å². The number of esters is 2. The summed E-state index contributed by atoms with van der Waals surface area (Å²) in [5.74, 6) is -1.35. The van der Waals surface area contributed by atoms with Crippen LogP contribution in [-0.2, 0) is 23.8 Å². The third-order valence-electron chi connectivity index (χ3n) is 2.94. The molecule has 0 spiro atoms. The number of hydrogen-bond donors (Lipinski definition) is 1. The third-order valence-corrected chi connectivity index (χ3v) is 3.83. The van der Waals surface area contributed by atoms with Crippen LogP contribution < -0.4 is 5.32 Å². The highest BCUT2D eigenvalue weighted by atomic mass is 32.1. The van der Waals surface area contributed by atoms with Crippen molar-refractivity contribution < 1.29 is 33.0 Å². The van der Waals surface area contributed by atoms with Gasteiger partial charge >= 0.3 is 11.9 Å². The van der Waals surface area contributed by atoms with E-state index in [4.69, 9.17) is 13.9 Å². The summed E-state index contributed by atoms with van der Waals surface area (Å²) < 4.78 is 19.7. The summed E-state index contributed by atoms with van der Waals surface area (Å²) >= 11 is 1.14. The molecule has 0 aliphatic rings. The van der Waals surface area contributed by atoms with Crippen molar-refractivity contribution >= 4 is 34.2 Å². The number of carbonyl (C=O) groups excluding carboxylic acids is 3. The number of methoxy groups -OCH3 is 1. The van der Waals surface area contributed by atoms with E-state index in [2.05, 4.69) is 10.1 Å². The van der Waals surface area contributed by atoms with Crippen LogP contribution in [-0.4, -0.2) is 44.8 Å². The molecular formula is C16H17NO7S. The largest absolute Gasteiger partial charge is 0.464 e. The van der Waals surface area contributed by atoms with E-state index in [0.717, 1.165) is 11.3 Å². The van der Waals surface area contributed by atoms with Gasteiger partial charge in [0, 0.05) is 18.1 Å². The first kappa shape index (κ1) is 18.7. The number of anilines is 1. The van der Waals surface area contributed by atoms with Crippen molar-refractivity contribution in [3.8, 4) is 11.3 Å². The molecule has 0 saturated carbocycles. The van der Waals surface area contributed by atoms with Gasteiger partial charge in [0.25, 0.3) is 5.91 Å². The predicted molar refractivity (Wildman–Crippen MR) is 89.4 cm³/mol. The zero-order chi connectivity index (χ0) is 18.2. The molecule has 2 aromatic rings. The first-order chi connectivity index (χ1) is 12.1. The summed E-state index contributed by atoms with van der Waals surface area (Å²) in [7, 11) is 1.34. The van der Waals surface area contributed by atoms with Crippen molar-refractivity contribution in [2.45, 2.75) is 6.92 Å². The number of ether oxygens (including phenoxy) is 3. The van der Waals surface area contributed by atoms with Crippen LogP contribution in [0.25, 0.3) is 11.3 Å². The summed E-state index contributed by atoms with van der Waals surface area (Å²) in [6, 6.07) is 3.39. The van der Waals surface area contributed by atoms with E-state index in [1.807, 2.05) is 0 Å². The molecule has 1 amide bonds. The van der Waals surface area contributed by atoms with Gasteiger partial charge in [-0.3, -0.25) is 4.79 Å². The van der Waals surface area contributed by atoms with Crippen molar-refractivity contribution in [2.24, 2.45) is 0 Å². The Morgan fingerprint density at radius 1 is 1.24 bits per heavy atom. The molecule has 8 nitrogen and oxygen atoms in total. The minimum absolute atomic E-state index is 0.189. The third kappa shape index (κ3) is 4.91. The lowest BCUT2D eigenvalue weighted by Gasteiger charge is -2.08. The number of carbonyl (C=O) groups is 3. The summed E-state index contributed by atoms with van der Waals surface area (Å²) in [5, 5.41) is 4.52. The quantitative estimate of drug-likeness (QED) is 0.714. The van der Waals surface area contributed by atoms with E-state index in [9.17, 15) is 14.4 Å². The fourth-order valence-corrected chi connectivity index (χ4v) is 2.89. The van der Waals surface area contributed by atoms with Gasteiger partial charge in [-0.2, -0.15) is 0 Å². The number of furan rings is 1. The highest BCUT2D eigenvalue weighted by molar-refractivity contribution is 7.15. The standard InChI is InChI=1S/C16H17NO7S/c1-3-22-16(20)14-10(11-5-4-6-23-11)9-25-15(14)17-12(18)7-24-13(19)8-21-2/h4-6,9H,3,7-8H2,1-2H3,(H,17,18). The average Bonchev–Trinajstić information content (AvgIpc) is 3.22. The summed E-state index contributed by atoms with van der Waals surface area (Å²) in [6.07, 6.45) is 1.48. The van der Waals surface area contributed by atoms with E-state index in [1.165, 1.54) is 13.4 Å². The van der Waals surface area contributed by atoms with Gasteiger partial charge in [0.2, 0.25) is 0 Å². The lowest BCUT2D eigenvalue weighted by atomic mass is 10.1. The average molecular weight is 367 g/mol. The lowest BCUT2D eigenvalue weighted by Crippen LogP contribution is -2.23. The predicted octanol–water partition coefficient (Wildman–Crippen LogP) is 2.31.